The van der Waals surface area contributed by atoms with Crippen molar-refractivity contribution in [3.63, 3.8) is 0 Å². The van der Waals surface area contributed by atoms with Gasteiger partial charge in [0.25, 0.3) is 11.5 Å². The zero-order valence-electron chi connectivity index (χ0n) is 9.68. The van der Waals surface area contributed by atoms with Crippen LogP contribution in [0.15, 0.2) is 21.5 Å². The Kier molecular flexibility index (Phi) is 5.93. The van der Waals surface area contributed by atoms with Gasteiger partial charge in [0.05, 0.1) is 10.0 Å². The summed E-state index contributed by atoms with van der Waals surface area (Å²) >= 11 is 3.08. The molecule has 5 nitrogen and oxygen atoms in total. The Labute approximate surface area is 108 Å². The minimum Gasteiger partial charge on any atom is -0.351 e. The molecule has 1 aromatic heterocycles. The van der Waals surface area contributed by atoms with E-state index >= 15 is 0 Å². The second-order valence-corrected chi connectivity index (χ2v) is 4.43. The summed E-state index contributed by atoms with van der Waals surface area (Å²) < 4.78 is 0.356. The summed E-state index contributed by atoms with van der Waals surface area (Å²) in [7, 11) is 0. The average molecular weight is 302 g/mol. The van der Waals surface area contributed by atoms with Gasteiger partial charge in [0.2, 0.25) is 0 Å². The molecule has 0 aliphatic rings. The van der Waals surface area contributed by atoms with E-state index in [1.165, 1.54) is 12.3 Å². The maximum atomic E-state index is 11.7. The van der Waals surface area contributed by atoms with Gasteiger partial charge in [-0.25, -0.2) is 0 Å². The molecular weight excluding hydrogens is 286 g/mol. The van der Waals surface area contributed by atoms with E-state index in [0.717, 1.165) is 19.5 Å². The van der Waals surface area contributed by atoms with Crippen molar-refractivity contribution < 1.29 is 4.79 Å². The molecule has 0 aliphatic heterocycles. The van der Waals surface area contributed by atoms with E-state index in [1.54, 1.807) is 0 Å². The number of nitrogens with one attached hydrogen (secondary N) is 3. The molecule has 0 atom stereocenters. The van der Waals surface area contributed by atoms with E-state index < -0.39 is 0 Å². The molecule has 1 rings (SSSR count). The van der Waals surface area contributed by atoms with Crippen molar-refractivity contribution in [3.05, 3.63) is 32.7 Å². The molecule has 0 aliphatic carbocycles. The SMILES string of the molecule is CCCNCCNC(=O)c1c[nH]c(=O)c(Br)c1. The second-order valence-electron chi connectivity index (χ2n) is 3.57. The van der Waals surface area contributed by atoms with E-state index in [1.807, 2.05) is 0 Å². The predicted octanol–water partition coefficient (Wildman–Crippen LogP) is 0.867. The minimum absolute atomic E-state index is 0.194. The van der Waals surface area contributed by atoms with Crippen molar-refractivity contribution in [1.82, 2.24) is 15.6 Å². The van der Waals surface area contributed by atoms with Gasteiger partial charge < -0.3 is 15.6 Å². The predicted molar refractivity (Wildman–Crippen MR) is 70.3 cm³/mol. The monoisotopic (exact) mass is 301 g/mol. The third-order valence-corrected chi connectivity index (χ3v) is 2.72. The van der Waals surface area contributed by atoms with Gasteiger partial charge in [0, 0.05) is 19.3 Å². The Morgan fingerprint density at radius 2 is 2.18 bits per heavy atom. The first-order chi connectivity index (χ1) is 8.15. The van der Waals surface area contributed by atoms with Crippen LogP contribution in [0.5, 0.6) is 0 Å². The molecule has 0 saturated carbocycles. The summed E-state index contributed by atoms with van der Waals surface area (Å²) in [5.74, 6) is -0.194. The van der Waals surface area contributed by atoms with E-state index in [9.17, 15) is 9.59 Å². The molecule has 0 unspecified atom stereocenters. The summed E-state index contributed by atoms with van der Waals surface area (Å²) in [5, 5.41) is 5.94. The zero-order valence-corrected chi connectivity index (χ0v) is 11.3. The van der Waals surface area contributed by atoms with Crippen LogP contribution in [0.25, 0.3) is 0 Å². The topological polar surface area (TPSA) is 74.0 Å². The number of carbonyl (C=O) groups is 1. The molecule has 94 valence electrons. The lowest BCUT2D eigenvalue weighted by molar-refractivity contribution is 0.0953. The normalized spacial score (nSPS) is 10.2. The van der Waals surface area contributed by atoms with Crippen LogP contribution in [-0.4, -0.2) is 30.5 Å². The number of halogens is 1. The number of aromatic nitrogens is 1. The first-order valence-electron chi connectivity index (χ1n) is 5.52. The van der Waals surface area contributed by atoms with Gasteiger partial charge in [-0.05, 0) is 35.0 Å². The highest BCUT2D eigenvalue weighted by Gasteiger charge is 2.06. The molecule has 17 heavy (non-hydrogen) atoms. The van der Waals surface area contributed by atoms with Crippen LogP contribution in [-0.2, 0) is 0 Å². The first kappa shape index (κ1) is 13.9. The smallest absolute Gasteiger partial charge is 0.262 e. The molecule has 0 bridgehead atoms. The Bertz CT molecular complexity index is 431. The lowest BCUT2D eigenvalue weighted by atomic mass is 10.2. The molecule has 1 heterocycles. The van der Waals surface area contributed by atoms with Gasteiger partial charge in [-0.2, -0.15) is 0 Å². The van der Waals surface area contributed by atoms with Crippen LogP contribution in [0.2, 0.25) is 0 Å². The number of pyridine rings is 1. The Morgan fingerprint density at radius 3 is 2.82 bits per heavy atom. The van der Waals surface area contributed by atoms with Crippen LogP contribution in [0.3, 0.4) is 0 Å². The Morgan fingerprint density at radius 1 is 1.41 bits per heavy atom. The molecule has 0 fully saturated rings. The van der Waals surface area contributed by atoms with Crippen molar-refractivity contribution in [2.45, 2.75) is 13.3 Å². The highest BCUT2D eigenvalue weighted by molar-refractivity contribution is 9.10. The summed E-state index contributed by atoms with van der Waals surface area (Å²) in [4.78, 5) is 25.2. The number of amides is 1. The van der Waals surface area contributed by atoms with Gasteiger partial charge >= 0.3 is 0 Å². The Hall–Kier alpha value is -1.14. The van der Waals surface area contributed by atoms with Crippen LogP contribution in [0.4, 0.5) is 0 Å². The molecule has 0 aromatic carbocycles. The van der Waals surface area contributed by atoms with Crippen molar-refractivity contribution in [3.8, 4) is 0 Å². The molecule has 0 spiro atoms. The number of carbonyl (C=O) groups excluding carboxylic acids is 1. The maximum Gasteiger partial charge on any atom is 0.262 e. The van der Waals surface area contributed by atoms with Gasteiger partial charge in [0.15, 0.2) is 0 Å². The molecule has 1 aromatic rings. The van der Waals surface area contributed by atoms with Crippen molar-refractivity contribution >= 4 is 21.8 Å². The number of hydrogen-bond donors (Lipinski definition) is 3. The molecule has 1 amide bonds. The molecule has 0 saturated heterocycles. The Balaban J connectivity index is 2.42. The third-order valence-electron chi connectivity index (χ3n) is 2.13. The summed E-state index contributed by atoms with van der Waals surface area (Å²) in [5.41, 5.74) is 0.193. The molecular formula is C11H16BrN3O2. The van der Waals surface area contributed by atoms with Crippen LogP contribution in [0.1, 0.15) is 23.7 Å². The van der Waals surface area contributed by atoms with Crippen LogP contribution in [0, 0.1) is 0 Å². The van der Waals surface area contributed by atoms with Gasteiger partial charge in [-0.3, -0.25) is 9.59 Å². The lowest BCUT2D eigenvalue weighted by Crippen LogP contribution is -2.32. The fourth-order valence-electron chi connectivity index (χ4n) is 1.26. The standard InChI is InChI=1S/C11H16BrN3O2/c1-2-3-13-4-5-14-10(16)8-6-9(12)11(17)15-7-8/h6-7,13H,2-5H2,1H3,(H,14,16)(H,15,17). The molecule has 6 heteroatoms. The molecule has 3 N–H and O–H groups in total. The number of rotatable bonds is 6. The van der Waals surface area contributed by atoms with E-state index in [2.05, 4.69) is 38.5 Å². The number of H-pyrrole nitrogens is 1. The van der Waals surface area contributed by atoms with Crippen molar-refractivity contribution in [2.75, 3.05) is 19.6 Å². The van der Waals surface area contributed by atoms with Crippen LogP contribution >= 0.6 is 15.9 Å². The zero-order chi connectivity index (χ0) is 12.7. The van der Waals surface area contributed by atoms with Gasteiger partial charge in [0.1, 0.15) is 0 Å². The highest BCUT2D eigenvalue weighted by atomic mass is 79.9. The lowest BCUT2D eigenvalue weighted by Gasteiger charge is -2.06. The quantitative estimate of drug-likeness (QED) is 0.683. The summed E-state index contributed by atoms with van der Waals surface area (Å²) in [6, 6.07) is 1.51. The van der Waals surface area contributed by atoms with Crippen LogP contribution < -0.4 is 16.2 Å². The molecule has 0 radical (unpaired) electrons. The second kappa shape index (κ2) is 7.24. The van der Waals surface area contributed by atoms with E-state index in [4.69, 9.17) is 0 Å². The van der Waals surface area contributed by atoms with Gasteiger partial charge in [-0.1, -0.05) is 6.92 Å². The largest absolute Gasteiger partial charge is 0.351 e. The first-order valence-corrected chi connectivity index (χ1v) is 6.31. The summed E-state index contributed by atoms with van der Waals surface area (Å²) in [6.45, 7) is 4.34. The van der Waals surface area contributed by atoms with Gasteiger partial charge in [-0.15, -0.1) is 0 Å². The van der Waals surface area contributed by atoms with Crippen molar-refractivity contribution in [2.24, 2.45) is 0 Å². The number of hydrogen-bond acceptors (Lipinski definition) is 3. The minimum atomic E-state index is -0.244. The van der Waals surface area contributed by atoms with Crippen molar-refractivity contribution in [1.29, 1.82) is 0 Å². The number of aromatic amines is 1. The maximum absolute atomic E-state index is 11.7. The fourth-order valence-corrected chi connectivity index (χ4v) is 1.62. The van der Waals surface area contributed by atoms with E-state index in [-0.39, 0.29) is 11.5 Å². The van der Waals surface area contributed by atoms with E-state index in [0.29, 0.717) is 16.6 Å². The fraction of sp³-hybridized carbons (Fsp3) is 0.455. The average Bonchev–Trinajstić information content (AvgIpc) is 2.32. The highest BCUT2D eigenvalue weighted by Crippen LogP contribution is 2.04. The third kappa shape index (κ3) is 4.70. The summed E-state index contributed by atoms with van der Waals surface area (Å²) in [6.07, 6.45) is 2.47.